The summed E-state index contributed by atoms with van der Waals surface area (Å²) in [6.45, 7) is 3.83. The molecule has 0 aliphatic carbocycles. The SMILES string of the molecule is CCCCCCCCC/C=C/CCCC[C@@H](O)[C@H](CO[C@H]1O[C@@H](CO)[C@H](O)C(O)C1O)NC(=O)CCCCCCCCCCCCCCCCCCCCCCC. The molecule has 338 valence electrons. The van der Waals surface area contributed by atoms with Crippen LogP contribution in [0.3, 0.4) is 0 Å². The van der Waals surface area contributed by atoms with Crippen molar-refractivity contribution in [3.05, 3.63) is 12.2 Å². The van der Waals surface area contributed by atoms with Gasteiger partial charge >= 0.3 is 0 Å². The van der Waals surface area contributed by atoms with Crippen LogP contribution in [0.5, 0.6) is 0 Å². The molecule has 0 radical (unpaired) electrons. The molecule has 0 spiro atoms. The number of unbranched alkanes of at least 4 members (excludes halogenated alkanes) is 29. The zero-order valence-electron chi connectivity index (χ0n) is 37.1. The van der Waals surface area contributed by atoms with Gasteiger partial charge in [0.05, 0.1) is 25.4 Å². The Morgan fingerprint density at radius 2 is 0.982 bits per heavy atom. The molecule has 1 aliphatic rings. The number of amides is 1. The molecule has 0 aromatic carbocycles. The number of aliphatic hydroxyl groups is 5. The molecule has 9 nitrogen and oxygen atoms in total. The van der Waals surface area contributed by atoms with Crippen LogP contribution in [0.1, 0.15) is 232 Å². The van der Waals surface area contributed by atoms with Crippen molar-refractivity contribution in [1.29, 1.82) is 0 Å². The maximum atomic E-state index is 13.0. The van der Waals surface area contributed by atoms with Crippen molar-refractivity contribution in [3.63, 3.8) is 0 Å². The van der Waals surface area contributed by atoms with Gasteiger partial charge in [-0.3, -0.25) is 4.79 Å². The Morgan fingerprint density at radius 1 is 0.579 bits per heavy atom. The Bertz CT molecular complexity index is 904. The fourth-order valence-electron chi connectivity index (χ4n) is 7.92. The van der Waals surface area contributed by atoms with Crippen molar-refractivity contribution in [2.45, 2.75) is 275 Å². The standard InChI is InChI=1S/C48H93NO8/c1-3-5-7-9-11-13-15-17-18-19-20-21-22-23-24-26-28-30-32-34-36-38-44(52)49-41(40-56-48-47(55)46(54)45(53)43(39-50)57-48)42(51)37-35-33-31-29-27-25-16-14-12-10-8-6-4-2/h27,29,41-43,45-48,50-51,53-55H,3-26,28,30-40H2,1-2H3,(H,49,52)/b29-27+/t41-,42+,43-,45-,46?,47?,48-/m0/s1. The van der Waals surface area contributed by atoms with Gasteiger partial charge < -0.3 is 40.3 Å². The van der Waals surface area contributed by atoms with Crippen LogP contribution in [0.2, 0.25) is 0 Å². The summed E-state index contributed by atoms with van der Waals surface area (Å²) >= 11 is 0. The Morgan fingerprint density at radius 3 is 1.42 bits per heavy atom. The summed E-state index contributed by atoms with van der Waals surface area (Å²) in [5.41, 5.74) is 0. The molecule has 1 amide bonds. The van der Waals surface area contributed by atoms with Gasteiger partial charge in [0.25, 0.3) is 0 Å². The van der Waals surface area contributed by atoms with E-state index in [0.717, 1.165) is 44.9 Å². The van der Waals surface area contributed by atoms with E-state index in [0.29, 0.717) is 12.8 Å². The minimum atomic E-state index is -1.55. The first-order chi connectivity index (χ1) is 27.8. The molecule has 1 aliphatic heterocycles. The maximum absolute atomic E-state index is 13.0. The fraction of sp³-hybridized carbons (Fsp3) is 0.938. The molecule has 1 fully saturated rings. The number of aliphatic hydroxyl groups excluding tert-OH is 5. The van der Waals surface area contributed by atoms with E-state index in [1.165, 1.54) is 161 Å². The van der Waals surface area contributed by atoms with E-state index in [1.807, 2.05) is 0 Å². The Kier molecular flexibility index (Phi) is 37.0. The van der Waals surface area contributed by atoms with Crippen LogP contribution in [0, 0.1) is 0 Å². The number of hydrogen-bond donors (Lipinski definition) is 6. The largest absolute Gasteiger partial charge is 0.394 e. The Hall–Kier alpha value is -1.07. The lowest BCUT2D eigenvalue weighted by Gasteiger charge is -2.40. The molecule has 57 heavy (non-hydrogen) atoms. The highest BCUT2D eigenvalue weighted by molar-refractivity contribution is 5.76. The molecular weight excluding hydrogens is 719 g/mol. The minimum Gasteiger partial charge on any atom is -0.394 e. The molecule has 1 saturated heterocycles. The van der Waals surface area contributed by atoms with E-state index in [9.17, 15) is 30.3 Å². The lowest BCUT2D eigenvalue weighted by atomic mass is 9.99. The van der Waals surface area contributed by atoms with Crippen LogP contribution in [0.15, 0.2) is 12.2 Å². The van der Waals surface area contributed by atoms with Gasteiger partial charge in [-0.05, 0) is 38.5 Å². The van der Waals surface area contributed by atoms with E-state index >= 15 is 0 Å². The zero-order chi connectivity index (χ0) is 41.6. The second kappa shape index (κ2) is 39.1. The van der Waals surface area contributed by atoms with Gasteiger partial charge in [0.1, 0.15) is 24.4 Å². The van der Waals surface area contributed by atoms with Crippen molar-refractivity contribution < 1.29 is 39.8 Å². The first-order valence-corrected chi connectivity index (χ1v) is 24.4. The van der Waals surface area contributed by atoms with Crippen LogP contribution in [-0.2, 0) is 14.3 Å². The number of nitrogens with one attached hydrogen (secondary N) is 1. The van der Waals surface area contributed by atoms with Crippen molar-refractivity contribution >= 4 is 5.91 Å². The van der Waals surface area contributed by atoms with Crippen molar-refractivity contribution in [3.8, 4) is 0 Å². The minimum absolute atomic E-state index is 0.146. The first-order valence-electron chi connectivity index (χ1n) is 24.4. The summed E-state index contributed by atoms with van der Waals surface area (Å²) < 4.78 is 11.2. The lowest BCUT2D eigenvalue weighted by Crippen LogP contribution is -2.60. The van der Waals surface area contributed by atoms with Gasteiger partial charge in [-0.25, -0.2) is 0 Å². The van der Waals surface area contributed by atoms with E-state index < -0.39 is 49.5 Å². The summed E-state index contributed by atoms with van der Waals surface area (Å²) in [5, 5.41) is 54.3. The third kappa shape index (κ3) is 29.7. The number of hydrogen-bond acceptors (Lipinski definition) is 8. The summed E-state index contributed by atoms with van der Waals surface area (Å²) in [6.07, 6.45) is 38.0. The molecule has 0 aromatic rings. The van der Waals surface area contributed by atoms with Gasteiger partial charge in [-0.1, -0.05) is 199 Å². The fourth-order valence-corrected chi connectivity index (χ4v) is 7.92. The zero-order valence-corrected chi connectivity index (χ0v) is 37.1. The predicted octanol–water partition coefficient (Wildman–Crippen LogP) is 10.5. The summed E-state index contributed by atoms with van der Waals surface area (Å²) in [5.74, 6) is -0.150. The number of carbonyl (C=O) groups excluding carboxylic acids is 1. The van der Waals surface area contributed by atoms with Gasteiger partial charge in [-0.15, -0.1) is 0 Å². The predicted molar refractivity (Wildman–Crippen MR) is 235 cm³/mol. The van der Waals surface area contributed by atoms with E-state index in [1.54, 1.807) is 0 Å². The molecule has 6 N–H and O–H groups in total. The van der Waals surface area contributed by atoms with Crippen LogP contribution >= 0.6 is 0 Å². The smallest absolute Gasteiger partial charge is 0.220 e. The molecule has 7 atom stereocenters. The van der Waals surface area contributed by atoms with Gasteiger partial charge in [0.2, 0.25) is 5.91 Å². The van der Waals surface area contributed by atoms with Gasteiger partial charge in [0, 0.05) is 6.42 Å². The summed E-state index contributed by atoms with van der Waals surface area (Å²) in [7, 11) is 0. The first kappa shape index (κ1) is 53.9. The van der Waals surface area contributed by atoms with Crippen LogP contribution in [-0.4, -0.2) is 87.5 Å². The number of rotatable bonds is 41. The number of ether oxygens (including phenoxy) is 2. The van der Waals surface area contributed by atoms with E-state index in [4.69, 9.17) is 9.47 Å². The van der Waals surface area contributed by atoms with Crippen LogP contribution in [0.25, 0.3) is 0 Å². The van der Waals surface area contributed by atoms with E-state index in [-0.39, 0.29) is 12.5 Å². The highest BCUT2D eigenvalue weighted by Gasteiger charge is 2.44. The molecule has 0 saturated carbocycles. The molecule has 0 bridgehead atoms. The van der Waals surface area contributed by atoms with Crippen molar-refractivity contribution in [2.24, 2.45) is 0 Å². The number of allylic oxidation sites excluding steroid dienone is 2. The monoisotopic (exact) mass is 812 g/mol. The average molecular weight is 812 g/mol. The maximum Gasteiger partial charge on any atom is 0.220 e. The molecular formula is C48H93NO8. The van der Waals surface area contributed by atoms with Gasteiger partial charge in [-0.2, -0.15) is 0 Å². The topological polar surface area (TPSA) is 149 Å². The lowest BCUT2D eigenvalue weighted by molar-refractivity contribution is -0.302. The third-order valence-corrected chi connectivity index (χ3v) is 11.9. The second-order valence-electron chi connectivity index (χ2n) is 17.3. The molecule has 1 heterocycles. The highest BCUT2D eigenvalue weighted by atomic mass is 16.7. The Labute approximate surface area is 350 Å². The summed E-state index contributed by atoms with van der Waals surface area (Å²) in [4.78, 5) is 13.0. The van der Waals surface area contributed by atoms with Crippen LogP contribution in [0.4, 0.5) is 0 Å². The average Bonchev–Trinajstić information content (AvgIpc) is 3.21. The molecule has 9 heteroatoms. The quantitative estimate of drug-likeness (QED) is 0.0264. The Balaban J connectivity index is 2.26. The molecule has 0 aromatic heterocycles. The second-order valence-corrected chi connectivity index (χ2v) is 17.3. The molecule has 2 unspecified atom stereocenters. The normalized spacial score (nSPS) is 21.0. The van der Waals surface area contributed by atoms with Crippen molar-refractivity contribution in [1.82, 2.24) is 5.32 Å². The van der Waals surface area contributed by atoms with Crippen LogP contribution < -0.4 is 5.32 Å². The highest BCUT2D eigenvalue weighted by Crippen LogP contribution is 2.23. The van der Waals surface area contributed by atoms with Crippen molar-refractivity contribution in [2.75, 3.05) is 13.2 Å². The molecule has 1 rings (SSSR count). The van der Waals surface area contributed by atoms with Gasteiger partial charge in [0.15, 0.2) is 6.29 Å². The number of carbonyl (C=O) groups is 1. The van der Waals surface area contributed by atoms with E-state index in [2.05, 4.69) is 31.3 Å². The summed E-state index contributed by atoms with van der Waals surface area (Å²) in [6, 6.07) is -0.729. The third-order valence-electron chi connectivity index (χ3n) is 11.9.